The summed E-state index contributed by atoms with van der Waals surface area (Å²) in [6, 6.07) is 85.3. The van der Waals surface area contributed by atoms with Crippen molar-refractivity contribution in [3.8, 4) is 55.6 Å². The number of thiophene rings is 1. The van der Waals surface area contributed by atoms with Gasteiger partial charge in [0.15, 0.2) is 0 Å². The molecule has 3 heteroatoms. The van der Waals surface area contributed by atoms with Crippen LogP contribution < -0.4 is 4.90 Å². The van der Waals surface area contributed by atoms with Crippen LogP contribution in [0.5, 0.6) is 0 Å². The van der Waals surface area contributed by atoms with Crippen LogP contribution in [0.1, 0.15) is 0 Å². The summed E-state index contributed by atoms with van der Waals surface area (Å²) >= 11 is 1.86. The lowest BCUT2D eigenvalue weighted by molar-refractivity contribution is 0.670. The Bertz CT molecular complexity index is 3540. The Balaban J connectivity index is 1.17. The number of nitrogens with zero attached hydrogens (tertiary/aromatic N) is 1. The molecule has 12 rings (SSSR count). The molecule has 0 saturated carbocycles. The van der Waals surface area contributed by atoms with E-state index in [0.717, 1.165) is 83.5 Å². The first kappa shape index (κ1) is 36.8. The van der Waals surface area contributed by atoms with Crippen LogP contribution in [0.25, 0.3) is 97.7 Å². The third kappa shape index (κ3) is 6.58. The fourth-order valence-corrected chi connectivity index (χ4v) is 10.5. The average molecular weight is 822 g/mol. The van der Waals surface area contributed by atoms with Gasteiger partial charge in [-0.05, 0) is 105 Å². The molecule has 296 valence electrons. The van der Waals surface area contributed by atoms with Crippen LogP contribution in [0.4, 0.5) is 17.1 Å². The van der Waals surface area contributed by atoms with Crippen molar-refractivity contribution in [1.82, 2.24) is 0 Å². The van der Waals surface area contributed by atoms with Crippen LogP contribution in [-0.4, -0.2) is 0 Å². The molecule has 63 heavy (non-hydrogen) atoms. The van der Waals surface area contributed by atoms with Crippen LogP contribution in [0.2, 0.25) is 0 Å². The van der Waals surface area contributed by atoms with Gasteiger partial charge in [-0.25, -0.2) is 0 Å². The minimum absolute atomic E-state index is 0.854. The van der Waals surface area contributed by atoms with E-state index in [2.05, 4.69) is 241 Å². The van der Waals surface area contributed by atoms with Gasteiger partial charge in [0, 0.05) is 32.1 Å². The summed E-state index contributed by atoms with van der Waals surface area (Å²) in [4.78, 5) is 2.49. The van der Waals surface area contributed by atoms with E-state index in [9.17, 15) is 0 Å². The molecule has 2 nitrogen and oxygen atoms in total. The van der Waals surface area contributed by atoms with Crippen molar-refractivity contribution in [2.24, 2.45) is 0 Å². The van der Waals surface area contributed by atoms with Gasteiger partial charge in [0.1, 0.15) is 11.2 Å². The molecule has 0 radical (unpaired) electrons. The Kier molecular flexibility index (Phi) is 9.06. The fraction of sp³-hybridized carbons (Fsp3) is 0. The molecule has 0 amide bonds. The predicted molar refractivity (Wildman–Crippen MR) is 268 cm³/mol. The summed E-state index contributed by atoms with van der Waals surface area (Å²) in [5.41, 5.74) is 16.4. The minimum Gasteiger partial charge on any atom is -0.455 e. The first-order valence-electron chi connectivity index (χ1n) is 21.4. The molecule has 0 spiro atoms. The van der Waals surface area contributed by atoms with Crippen molar-refractivity contribution >= 4 is 70.5 Å². The van der Waals surface area contributed by atoms with E-state index in [4.69, 9.17) is 4.42 Å². The number of hydrogen-bond donors (Lipinski definition) is 0. The van der Waals surface area contributed by atoms with E-state index in [1.807, 2.05) is 11.3 Å². The van der Waals surface area contributed by atoms with Crippen molar-refractivity contribution in [1.29, 1.82) is 0 Å². The van der Waals surface area contributed by atoms with Gasteiger partial charge >= 0.3 is 0 Å². The molecule has 0 unspecified atom stereocenters. The van der Waals surface area contributed by atoms with Crippen LogP contribution in [0.3, 0.4) is 0 Å². The topological polar surface area (TPSA) is 16.4 Å². The molecule has 0 fully saturated rings. The van der Waals surface area contributed by atoms with E-state index in [1.165, 1.54) is 31.3 Å². The highest BCUT2D eigenvalue weighted by Crippen LogP contribution is 2.51. The number of furan rings is 1. The summed E-state index contributed by atoms with van der Waals surface area (Å²) < 4.78 is 9.60. The van der Waals surface area contributed by atoms with Gasteiger partial charge in [0.2, 0.25) is 0 Å². The van der Waals surface area contributed by atoms with Crippen molar-refractivity contribution in [3.05, 3.63) is 237 Å². The largest absolute Gasteiger partial charge is 0.455 e. The summed E-state index contributed by atoms with van der Waals surface area (Å²) in [6.45, 7) is 0. The Morgan fingerprint density at radius 1 is 0.333 bits per heavy atom. The number of hydrogen-bond acceptors (Lipinski definition) is 3. The highest BCUT2D eigenvalue weighted by Gasteiger charge is 2.25. The SMILES string of the molecule is c1ccc(-c2cc(-c3ccccc3)cc(N(c3cccc4c3sc3cc(-c5ccccc5)ccc34)c3ccc(-c4ccccc4)c4oc5cc(-c6ccccc6)ccc5c34)c2)cc1. The molecular formula is C60H39NOS. The number of fused-ring (bicyclic) bond motifs is 6. The average Bonchev–Trinajstić information content (AvgIpc) is 3.94. The van der Waals surface area contributed by atoms with E-state index >= 15 is 0 Å². The van der Waals surface area contributed by atoms with Crippen LogP contribution >= 0.6 is 11.3 Å². The minimum atomic E-state index is 0.854. The van der Waals surface area contributed by atoms with Gasteiger partial charge < -0.3 is 9.32 Å². The monoisotopic (exact) mass is 821 g/mol. The van der Waals surface area contributed by atoms with Gasteiger partial charge in [-0.2, -0.15) is 0 Å². The van der Waals surface area contributed by atoms with Gasteiger partial charge in [-0.3, -0.25) is 0 Å². The summed E-state index contributed by atoms with van der Waals surface area (Å²) in [7, 11) is 0. The molecular weight excluding hydrogens is 783 g/mol. The smallest absolute Gasteiger partial charge is 0.145 e. The van der Waals surface area contributed by atoms with E-state index in [0.29, 0.717) is 0 Å². The lowest BCUT2D eigenvalue weighted by atomic mass is 9.96. The standard InChI is InChI=1S/C60H39NOS/c1-6-17-40(18-7-1)45-30-32-53-56(38-45)62-59-50(44-25-14-5-15-26-44)33-34-54(58(53)59)61(49-36-47(42-21-10-3-11-22-42)35-48(37-49)43-23-12-4-13-24-43)55-28-16-27-52-51-31-29-46(39-57(51)63-60(52)55)41-19-8-2-9-20-41/h1-39H. The Morgan fingerprint density at radius 2 is 0.857 bits per heavy atom. The molecule has 2 aromatic heterocycles. The highest BCUT2D eigenvalue weighted by molar-refractivity contribution is 7.26. The maximum absolute atomic E-state index is 7.12. The molecule has 0 atom stereocenters. The zero-order valence-corrected chi connectivity index (χ0v) is 35.1. The third-order valence-electron chi connectivity index (χ3n) is 12.2. The highest BCUT2D eigenvalue weighted by atomic mass is 32.1. The molecule has 0 bridgehead atoms. The first-order valence-corrected chi connectivity index (χ1v) is 22.2. The molecule has 0 aliphatic carbocycles. The van der Waals surface area contributed by atoms with Crippen molar-refractivity contribution < 1.29 is 4.42 Å². The van der Waals surface area contributed by atoms with Gasteiger partial charge in [0.05, 0.1) is 21.5 Å². The number of benzene rings is 10. The zero-order chi connectivity index (χ0) is 41.7. The fourth-order valence-electron chi connectivity index (χ4n) is 9.22. The Morgan fingerprint density at radius 3 is 1.44 bits per heavy atom. The first-order chi connectivity index (χ1) is 31.2. The van der Waals surface area contributed by atoms with Crippen LogP contribution in [-0.2, 0) is 0 Å². The number of rotatable bonds is 8. The van der Waals surface area contributed by atoms with Crippen molar-refractivity contribution in [2.45, 2.75) is 0 Å². The Labute approximate surface area is 370 Å². The summed E-state index contributed by atoms with van der Waals surface area (Å²) in [5, 5.41) is 4.63. The van der Waals surface area contributed by atoms with E-state index in [-0.39, 0.29) is 0 Å². The van der Waals surface area contributed by atoms with Gasteiger partial charge in [-0.1, -0.05) is 182 Å². The quantitative estimate of drug-likeness (QED) is 0.152. The number of anilines is 3. The second-order valence-electron chi connectivity index (χ2n) is 16.1. The summed E-state index contributed by atoms with van der Waals surface area (Å²) in [5.74, 6) is 0. The van der Waals surface area contributed by atoms with Crippen LogP contribution in [0, 0.1) is 0 Å². The van der Waals surface area contributed by atoms with Gasteiger partial charge in [0.25, 0.3) is 0 Å². The summed E-state index contributed by atoms with van der Waals surface area (Å²) in [6.07, 6.45) is 0. The molecule has 0 saturated heterocycles. The van der Waals surface area contributed by atoms with E-state index < -0.39 is 0 Å². The molecule has 0 aliphatic heterocycles. The van der Waals surface area contributed by atoms with Crippen LogP contribution in [0.15, 0.2) is 241 Å². The zero-order valence-electron chi connectivity index (χ0n) is 34.3. The third-order valence-corrected chi connectivity index (χ3v) is 13.4. The maximum Gasteiger partial charge on any atom is 0.145 e. The van der Waals surface area contributed by atoms with Crippen molar-refractivity contribution in [3.63, 3.8) is 0 Å². The lowest BCUT2D eigenvalue weighted by Crippen LogP contribution is -2.11. The molecule has 10 aromatic carbocycles. The molecule has 0 aliphatic rings. The molecule has 2 heterocycles. The molecule has 12 aromatic rings. The predicted octanol–water partition coefficient (Wildman–Crippen LogP) is 17.8. The van der Waals surface area contributed by atoms with Gasteiger partial charge in [-0.15, -0.1) is 11.3 Å². The Hall–Kier alpha value is -7.98. The normalized spacial score (nSPS) is 11.5. The maximum atomic E-state index is 7.12. The second-order valence-corrected chi connectivity index (χ2v) is 17.1. The van der Waals surface area contributed by atoms with E-state index in [1.54, 1.807) is 0 Å². The molecule has 0 N–H and O–H groups in total. The van der Waals surface area contributed by atoms with Crippen molar-refractivity contribution in [2.75, 3.05) is 4.90 Å². The second kappa shape index (κ2) is 15.5. The lowest BCUT2D eigenvalue weighted by Gasteiger charge is -2.28.